The van der Waals surface area contributed by atoms with Crippen LogP contribution in [-0.4, -0.2) is 47.8 Å². The first-order valence-corrected chi connectivity index (χ1v) is 13.6. The van der Waals surface area contributed by atoms with Crippen molar-refractivity contribution in [1.82, 2.24) is 15.1 Å². The van der Waals surface area contributed by atoms with Crippen LogP contribution in [0.2, 0.25) is 0 Å². The third kappa shape index (κ3) is 4.39. The van der Waals surface area contributed by atoms with E-state index in [9.17, 15) is 14.4 Å². The van der Waals surface area contributed by atoms with Crippen LogP contribution in [-0.2, 0) is 9.53 Å². The molecule has 0 unspecified atom stereocenters. The fourth-order valence-electron chi connectivity index (χ4n) is 4.77. The molecule has 2 aliphatic heterocycles. The van der Waals surface area contributed by atoms with Crippen molar-refractivity contribution in [3.05, 3.63) is 86.2 Å². The number of amides is 2. The Morgan fingerprint density at radius 1 is 1.13 bits per heavy atom. The normalized spacial score (nSPS) is 17.5. The number of hydrogen-bond donors (Lipinski definition) is 2. The quantitative estimate of drug-likeness (QED) is 0.373. The highest BCUT2D eigenvalue weighted by Gasteiger charge is 2.40. The maximum absolute atomic E-state index is 14.0. The molecule has 2 amide bonds. The fourth-order valence-corrected chi connectivity index (χ4v) is 5.97. The number of hydrogen-bond acceptors (Lipinski definition) is 8. The molecule has 0 bridgehead atoms. The van der Waals surface area contributed by atoms with E-state index in [1.807, 2.05) is 41.4 Å². The summed E-state index contributed by atoms with van der Waals surface area (Å²) in [5.41, 5.74) is 5.16. The van der Waals surface area contributed by atoms with Crippen molar-refractivity contribution in [2.24, 2.45) is 0 Å². The Balaban J connectivity index is 1.46. The first-order chi connectivity index (χ1) is 18.4. The van der Waals surface area contributed by atoms with Gasteiger partial charge in [-0.15, -0.1) is 0 Å². The van der Waals surface area contributed by atoms with Gasteiger partial charge in [0, 0.05) is 21.8 Å². The van der Waals surface area contributed by atoms with Crippen LogP contribution in [0.5, 0.6) is 0 Å². The summed E-state index contributed by atoms with van der Waals surface area (Å²) in [5.74, 6) is -0.790. The lowest BCUT2D eigenvalue weighted by Gasteiger charge is -2.37. The van der Waals surface area contributed by atoms with Crippen molar-refractivity contribution in [2.75, 3.05) is 41.6 Å². The predicted molar refractivity (Wildman–Crippen MR) is 149 cm³/mol. The van der Waals surface area contributed by atoms with E-state index in [2.05, 4.69) is 31.7 Å². The number of carbonyl (C=O) groups excluding carboxylic acids is 2. The third-order valence-electron chi connectivity index (χ3n) is 6.56. The van der Waals surface area contributed by atoms with Crippen LogP contribution in [0, 0.1) is 6.92 Å². The van der Waals surface area contributed by atoms with E-state index in [0.717, 1.165) is 14.7 Å². The van der Waals surface area contributed by atoms with E-state index in [1.165, 1.54) is 27.1 Å². The second-order valence-corrected chi connectivity index (χ2v) is 10.9. The number of fused-ring (bicyclic) bond motifs is 2. The molecule has 4 aromatic rings. The van der Waals surface area contributed by atoms with Gasteiger partial charge in [0.05, 0.1) is 47.8 Å². The molecule has 194 valence electrons. The van der Waals surface area contributed by atoms with E-state index in [0.29, 0.717) is 53.9 Å². The number of morpholine rings is 1. The molecule has 4 heterocycles. The van der Waals surface area contributed by atoms with Gasteiger partial charge in [0.1, 0.15) is 6.04 Å². The summed E-state index contributed by atoms with van der Waals surface area (Å²) in [6.07, 6.45) is 0. The monoisotopic (exact) mass is 594 g/mol. The summed E-state index contributed by atoms with van der Waals surface area (Å²) in [6, 6.07) is 15.1. The first kappa shape index (κ1) is 24.7. The average Bonchev–Trinajstić information content (AvgIpc) is 3.34. The van der Waals surface area contributed by atoms with Gasteiger partial charge in [0.15, 0.2) is 0 Å². The van der Waals surface area contributed by atoms with Crippen LogP contribution in [0.1, 0.15) is 27.7 Å². The molecule has 2 aliphatic rings. The molecule has 0 aliphatic carbocycles. The molecule has 12 heteroatoms. The highest BCUT2D eigenvalue weighted by atomic mass is 79.9. The number of benzene rings is 2. The lowest BCUT2D eigenvalue weighted by atomic mass is 9.96. The largest absolute Gasteiger partial charge is 0.378 e. The summed E-state index contributed by atoms with van der Waals surface area (Å²) < 4.78 is 8.75. The number of pyridine rings is 1. The maximum Gasteiger partial charge on any atom is 0.276 e. The van der Waals surface area contributed by atoms with Crippen molar-refractivity contribution in [3.8, 4) is 0 Å². The number of rotatable bonds is 4. The molecular formula is C26H23BrN6O4S. The molecule has 1 atom stereocenters. The summed E-state index contributed by atoms with van der Waals surface area (Å²) in [5, 5.41) is 6.50. The van der Waals surface area contributed by atoms with Crippen LogP contribution >= 0.6 is 27.3 Å². The second-order valence-electron chi connectivity index (χ2n) is 8.94. The minimum Gasteiger partial charge on any atom is -0.378 e. The number of carbonyl (C=O) groups is 2. The number of thiazole rings is 1. The second kappa shape index (κ2) is 9.95. The van der Waals surface area contributed by atoms with E-state index < -0.39 is 11.9 Å². The van der Waals surface area contributed by atoms with Gasteiger partial charge >= 0.3 is 0 Å². The highest BCUT2D eigenvalue weighted by Crippen LogP contribution is 2.34. The van der Waals surface area contributed by atoms with Crippen LogP contribution in [0.25, 0.3) is 10.2 Å². The van der Waals surface area contributed by atoms with Gasteiger partial charge in [-0.25, -0.2) is 20.1 Å². The van der Waals surface area contributed by atoms with Crippen molar-refractivity contribution >= 4 is 60.1 Å². The molecule has 1 saturated heterocycles. The number of nitrogens with one attached hydrogen (secondary N) is 2. The Labute approximate surface area is 229 Å². The summed E-state index contributed by atoms with van der Waals surface area (Å²) in [4.78, 5) is 45.5. The molecule has 10 nitrogen and oxygen atoms in total. The summed E-state index contributed by atoms with van der Waals surface area (Å²) in [6.45, 7) is 3.73. The van der Waals surface area contributed by atoms with Crippen LogP contribution in [0.3, 0.4) is 0 Å². The maximum atomic E-state index is 14.0. The highest BCUT2D eigenvalue weighted by molar-refractivity contribution is 9.10. The molecule has 0 saturated carbocycles. The summed E-state index contributed by atoms with van der Waals surface area (Å²) in [7, 11) is 0. The first-order valence-electron chi connectivity index (χ1n) is 12.0. The molecular weight excluding hydrogens is 572 g/mol. The van der Waals surface area contributed by atoms with Gasteiger partial charge in [-0.05, 0) is 43.3 Å². The van der Waals surface area contributed by atoms with E-state index in [-0.39, 0.29) is 11.5 Å². The Morgan fingerprint density at radius 3 is 2.61 bits per heavy atom. The van der Waals surface area contributed by atoms with Crippen molar-refractivity contribution in [2.45, 2.75) is 13.0 Å². The topological polar surface area (TPSA) is 109 Å². The smallest absolute Gasteiger partial charge is 0.276 e. The van der Waals surface area contributed by atoms with Crippen molar-refractivity contribution in [1.29, 1.82) is 0 Å². The van der Waals surface area contributed by atoms with Gasteiger partial charge in [0.25, 0.3) is 11.5 Å². The zero-order chi connectivity index (χ0) is 26.4. The SMILES string of the molecule is Cc1c2c(cc(=O)n1N1CCOCC1)[C@@H](C(=O)Nc1ccc(Br)cc1)NN(c1nc3ccccc3s1)C2=O. The molecule has 0 spiro atoms. The van der Waals surface area contributed by atoms with Crippen molar-refractivity contribution in [3.63, 3.8) is 0 Å². The van der Waals surface area contributed by atoms with Gasteiger partial charge < -0.3 is 15.1 Å². The standard InChI is InChI=1S/C26H23BrN6O4S/c1-15-22-18(14-21(34)33(15)31-10-12-37-13-11-31)23(24(35)28-17-8-6-16(27)7-9-17)30-32(25(22)36)26-29-19-4-2-3-5-20(19)38-26/h2-9,14,23,30H,10-13H2,1H3,(H,28,35)/t23-/m0/s1. The number of halogens is 1. The molecule has 6 rings (SSSR count). The number of para-hydroxylation sites is 1. The Hall–Kier alpha value is -3.58. The predicted octanol–water partition coefficient (Wildman–Crippen LogP) is 3.34. The Kier molecular flexibility index (Phi) is 6.48. The number of ether oxygens (including phenoxy) is 1. The van der Waals surface area contributed by atoms with Crippen molar-refractivity contribution < 1.29 is 14.3 Å². The van der Waals surface area contributed by atoms with E-state index in [4.69, 9.17) is 4.74 Å². The van der Waals surface area contributed by atoms with Crippen LogP contribution in [0.4, 0.5) is 10.8 Å². The lowest BCUT2D eigenvalue weighted by molar-refractivity contribution is -0.118. The molecule has 2 aromatic heterocycles. The Bertz CT molecular complexity index is 1580. The van der Waals surface area contributed by atoms with Gasteiger partial charge in [0.2, 0.25) is 11.0 Å². The zero-order valence-corrected chi connectivity index (χ0v) is 22.7. The summed E-state index contributed by atoms with van der Waals surface area (Å²) >= 11 is 4.74. The van der Waals surface area contributed by atoms with Gasteiger partial charge in [-0.2, -0.15) is 0 Å². The lowest BCUT2D eigenvalue weighted by Crippen LogP contribution is -2.56. The minimum atomic E-state index is -1.01. The Morgan fingerprint density at radius 2 is 1.87 bits per heavy atom. The fraction of sp³-hybridized carbons (Fsp3) is 0.231. The molecule has 2 aromatic carbocycles. The number of anilines is 2. The van der Waals surface area contributed by atoms with Gasteiger partial charge in [-0.1, -0.05) is 39.4 Å². The number of aromatic nitrogens is 2. The van der Waals surface area contributed by atoms with Gasteiger partial charge in [-0.3, -0.25) is 14.4 Å². The van der Waals surface area contributed by atoms with E-state index >= 15 is 0 Å². The third-order valence-corrected chi connectivity index (χ3v) is 8.11. The minimum absolute atomic E-state index is 0.296. The van der Waals surface area contributed by atoms with E-state index in [1.54, 1.807) is 19.1 Å². The van der Waals surface area contributed by atoms with Crippen LogP contribution < -0.4 is 26.3 Å². The number of nitrogens with zero attached hydrogens (tertiary/aromatic N) is 4. The zero-order valence-electron chi connectivity index (χ0n) is 20.3. The molecule has 1 fully saturated rings. The number of hydrazine groups is 1. The molecule has 2 N–H and O–H groups in total. The molecule has 0 radical (unpaired) electrons. The van der Waals surface area contributed by atoms with Crippen LogP contribution in [0.15, 0.2) is 63.9 Å². The molecule has 38 heavy (non-hydrogen) atoms. The average molecular weight is 595 g/mol.